The van der Waals surface area contributed by atoms with Crippen molar-refractivity contribution in [3.05, 3.63) is 76.2 Å². The van der Waals surface area contributed by atoms with Gasteiger partial charge in [0.2, 0.25) is 5.95 Å². The van der Waals surface area contributed by atoms with Crippen LogP contribution in [0.2, 0.25) is 5.02 Å². The van der Waals surface area contributed by atoms with E-state index in [9.17, 15) is 9.18 Å². The highest BCUT2D eigenvalue weighted by Gasteiger charge is 2.25. The third-order valence-corrected chi connectivity index (χ3v) is 5.51. The highest BCUT2D eigenvalue weighted by atomic mass is 35.5. The molecule has 6 nitrogen and oxygen atoms in total. The van der Waals surface area contributed by atoms with Gasteiger partial charge in [0.1, 0.15) is 11.6 Å². The summed E-state index contributed by atoms with van der Waals surface area (Å²) in [6, 6.07) is 13.8. The molecule has 0 atom stereocenters. The number of benzene rings is 2. The number of hydrogen-bond donors (Lipinski definition) is 1. The minimum absolute atomic E-state index is 0.130. The lowest BCUT2D eigenvalue weighted by atomic mass is 10.1. The Morgan fingerprint density at radius 1 is 1.00 bits per heavy atom. The first-order valence-corrected chi connectivity index (χ1v) is 10.5. The third kappa shape index (κ3) is 4.94. The molecule has 8 heteroatoms. The van der Waals surface area contributed by atoms with Crippen molar-refractivity contribution in [3.63, 3.8) is 0 Å². The number of aromatic nitrogens is 2. The Kier molecular flexibility index (Phi) is 6.04. The molecule has 4 rings (SSSR count). The fourth-order valence-electron chi connectivity index (χ4n) is 3.51. The number of amides is 1. The summed E-state index contributed by atoms with van der Waals surface area (Å²) < 4.78 is 13.3. The molecule has 0 aliphatic carbocycles. The van der Waals surface area contributed by atoms with E-state index in [-0.39, 0.29) is 10.9 Å². The number of rotatable bonds is 4. The molecule has 2 heterocycles. The predicted molar refractivity (Wildman–Crippen MR) is 121 cm³/mol. The quantitative estimate of drug-likeness (QED) is 0.644. The number of nitrogens with zero attached hydrogens (tertiary/aromatic N) is 4. The lowest BCUT2D eigenvalue weighted by molar-refractivity contribution is 0.0746. The van der Waals surface area contributed by atoms with E-state index >= 15 is 0 Å². The Hall–Kier alpha value is -3.19. The van der Waals surface area contributed by atoms with Crippen LogP contribution in [0.4, 0.5) is 21.8 Å². The van der Waals surface area contributed by atoms with Gasteiger partial charge in [-0.2, -0.15) is 4.98 Å². The van der Waals surface area contributed by atoms with Crippen LogP contribution in [0.25, 0.3) is 0 Å². The number of nitrogens with one attached hydrogen (secondary N) is 1. The molecular formula is C23H23ClFN5O. The molecule has 0 bridgehead atoms. The largest absolute Gasteiger partial charge is 0.353 e. The summed E-state index contributed by atoms with van der Waals surface area (Å²) in [5.74, 6) is 0.704. The SMILES string of the molecule is Cc1ccc(Nc2nc(C)cc(N3CCN(C(=O)c4ccc(F)cc4Cl)CC3)n2)cc1. The molecule has 1 aromatic heterocycles. The molecule has 0 unspecified atom stereocenters. The summed E-state index contributed by atoms with van der Waals surface area (Å²) in [4.78, 5) is 25.8. The number of carbonyl (C=O) groups excluding carboxylic acids is 1. The van der Waals surface area contributed by atoms with Crippen molar-refractivity contribution in [2.75, 3.05) is 36.4 Å². The Morgan fingerprint density at radius 3 is 2.39 bits per heavy atom. The molecule has 1 amide bonds. The molecular weight excluding hydrogens is 417 g/mol. The van der Waals surface area contributed by atoms with Gasteiger partial charge in [0, 0.05) is 43.6 Å². The van der Waals surface area contributed by atoms with Crippen LogP contribution in [-0.2, 0) is 0 Å². The predicted octanol–water partition coefficient (Wildman–Crippen LogP) is 4.59. The van der Waals surface area contributed by atoms with Crippen LogP contribution in [0.5, 0.6) is 0 Å². The summed E-state index contributed by atoms with van der Waals surface area (Å²) >= 11 is 6.06. The van der Waals surface area contributed by atoms with Gasteiger partial charge in [0.25, 0.3) is 5.91 Å². The first-order valence-electron chi connectivity index (χ1n) is 10.1. The molecule has 1 aliphatic heterocycles. The maximum Gasteiger partial charge on any atom is 0.255 e. The van der Waals surface area contributed by atoms with Gasteiger partial charge in [0.15, 0.2) is 0 Å². The topological polar surface area (TPSA) is 61.4 Å². The van der Waals surface area contributed by atoms with Crippen molar-refractivity contribution in [3.8, 4) is 0 Å². The van der Waals surface area contributed by atoms with E-state index in [1.807, 2.05) is 44.2 Å². The minimum Gasteiger partial charge on any atom is -0.353 e. The number of halogens is 2. The molecule has 0 saturated carbocycles. The van der Waals surface area contributed by atoms with Gasteiger partial charge < -0.3 is 15.1 Å². The summed E-state index contributed by atoms with van der Waals surface area (Å²) in [6.07, 6.45) is 0. The van der Waals surface area contributed by atoms with Crippen molar-refractivity contribution in [2.24, 2.45) is 0 Å². The summed E-state index contributed by atoms with van der Waals surface area (Å²) in [6.45, 7) is 6.28. The van der Waals surface area contributed by atoms with E-state index < -0.39 is 5.82 Å². The maximum absolute atomic E-state index is 13.3. The van der Waals surface area contributed by atoms with E-state index in [1.165, 1.54) is 17.7 Å². The van der Waals surface area contributed by atoms with Crippen molar-refractivity contribution < 1.29 is 9.18 Å². The second-order valence-electron chi connectivity index (χ2n) is 7.59. The normalized spacial score (nSPS) is 13.9. The van der Waals surface area contributed by atoms with Crippen LogP contribution in [0.1, 0.15) is 21.6 Å². The molecule has 3 aromatic rings. The van der Waals surface area contributed by atoms with Gasteiger partial charge in [-0.25, -0.2) is 9.37 Å². The number of piperazine rings is 1. The lowest BCUT2D eigenvalue weighted by Crippen LogP contribution is -2.49. The van der Waals surface area contributed by atoms with Gasteiger partial charge in [-0.3, -0.25) is 4.79 Å². The number of hydrogen-bond acceptors (Lipinski definition) is 5. The summed E-state index contributed by atoms with van der Waals surface area (Å²) in [5, 5.41) is 3.38. The highest BCUT2D eigenvalue weighted by molar-refractivity contribution is 6.33. The van der Waals surface area contributed by atoms with Crippen LogP contribution in [0, 0.1) is 19.7 Å². The van der Waals surface area contributed by atoms with E-state index in [4.69, 9.17) is 11.6 Å². The van der Waals surface area contributed by atoms with E-state index in [2.05, 4.69) is 20.2 Å². The third-order valence-electron chi connectivity index (χ3n) is 5.20. The fourth-order valence-corrected chi connectivity index (χ4v) is 3.76. The highest BCUT2D eigenvalue weighted by Crippen LogP contribution is 2.23. The standard InChI is InChI=1S/C23H23ClFN5O/c1-15-3-6-18(7-4-15)27-23-26-16(2)13-21(28-23)29-9-11-30(12-10-29)22(31)19-8-5-17(25)14-20(19)24/h3-8,13-14H,9-12H2,1-2H3,(H,26,27,28). The van der Waals surface area contributed by atoms with Crippen molar-refractivity contribution in [1.82, 2.24) is 14.9 Å². The number of anilines is 3. The summed E-state index contributed by atoms with van der Waals surface area (Å²) in [5.41, 5.74) is 3.29. The zero-order valence-corrected chi connectivity index (χ0v) is 18.2. The zero-order chi connectivity index (χ0) is 22.0. The molecule has 0 radical (unpaired) electrons. The van der Waals surface area contributed by atoms with Gasteiger partial charge in [-0.15, -0.1) is 0 Å². The molecule has 1 fully saturated rings. The smallest absolute Gasteiger partial charge is 0.255 e. The van der Waals surface area contributed by atoms with Gasteiger partial charge >= 0.3 is 0 Å². The molecule has 31 heavy (non-hydrogen) atoms. The Labute approximate surface area is 185 Å². The molecule has 2 aromatic carbocycles. The monoisotopic (exact) mass is 439 g/mol. The molecule has 160 valence electrons. The Balaban J connectivity index is 1.44. The first kappa shape index (κ1) is 21.1. The molecule has 1 N–H and O–H groups in total. The van der Waals surface area contributed by atoms with Crippen LogP contribution in [0.15, 0.2) is 48.5 Å². The van der Waals surface area contributed by atoms with Crippen molar-refractivity contribution in [2.45, 2.75) is 13.8 Å². The van der Waals surface area contributed by atoms with Crippen LogP contribution in [0.3, 0.4) is 0 Å². The van der Waals surface area contributed by atoms with E-state index in [0.29, 0.717) is 37.7 Å². The second-order valence-corrected chi connectivity index (χ2v) is 7.99. The lowest BCUT2D eigenvalue weighted by Gasteiger charge is -2.35. The molecule has 0 spiro atoms. The first-order chi connectivity index (χ1) is 14.9. The fraction of sp³-hybridized carbons (Fsp3) is 0.261. The van der Waals surface area contributed by atoms with Crippen LogP contribution >= 0.6 is 11.6 Å². The average molecular weight is 440 g/mol. The molecule has 1 saturated heterocycles. The van der Waals surface area contributed by atoms with E-state index in [0.717, 1.165) is 23.3 Å². The number of aryl methyl sites for hydroxylation is 2. The molecule has 1 aliphatic rings. The summed E-state index contributed by atoms with van der Waals surface area (Å²) in [7, 11) is 0. The van der Waals surface area contributed by atoms with Crippen LogP contribution in [-0.4, -0.2) is 47.0 Å². The second kappa shape index (κ2) is 8.89. The average Bonchev–Trinajstić information content (AvgIpc) is 2.75. The van der Waals surface area contributed by atoms with Crippen molar-refractivity contribution >= 4 is 35.0 Å². The van der Waals surface area contributed by atoms with Gasteiger partial charge in [0.05, 0.1) is 10.6 Å². The van der Waals surface area contributed by atoms with Crippen LogP contribution < -0.4 is 10.2 Å². The Bertz CT molecular complexity index is 1100. The van der Waals surface area contributed by atoms with Gasteiger partial charge in [-0.05, 0) is 44.2 Å². The van der Waals surface area contributed by atoms with Gasteiger partial charge in [-0.1, -0.05) is 29.3 Å². The minimum atomic E-state index is -0.458. The van der Waals surface area contributed by atoms with E-state index in [1.54, 1.807) is 4.90 Å². The number of carbonyl (C=O) groups is 1. The Morgan fingerprint density at radius 2 is 1.71 bits per heavy atom. The van der Waals surface area contributed by atoms with Crippen molar-refractivity contribution in [1.29, 1.82) is 0 Å². The zero-order valence-electron chi connectivity index (χ0n) is 17.4. The maximum atomic E-state index is 13.3.